The fourth-order valence-corrected chi connectivity index (χ4v) is 1.78. The molecule has 0 unspecified atom stereocenters. The fraction of sp³-hybridized carbons (Fsp3) is 0.800. The first-order valence-electron chi connectivity index (χ1n) is 5.62. The number of carboxylic acid groups (broad SMARTS) is 1. The summed E-state index contributed by atoms with van der Waals surface area (Å²) in [6, 6.07) is -1.18. The van der Waals surface area contributed by atoms with E-state index in [-0.39, 0.29) is 18.9 Å². The van der Waals surface area contributed by atoms with Gasteiger partial charge in [0.2, 0.25) is 0 Å². The van der Waals surface area contributed by atoms with Gasteiger partial charge in [0.15, 0.2) is 0 Å². The van der Waals surface area contributed by atoms with Crippen molar-refractivity contribution in [3.05, 3.63) is 0 Å². The summed E-state index contributed by atoms with van der Waals surface area (Å²) in [5.41, 5.74) is -2.14. The molecule has 2 N–H and O–H groups in total. The summed E-state index contributed by atoms with van der Waals surface area (Å²) in [4.78, 5) is 23.3. The Morgan fingerprint density at radius 3 is 2.22 bits per heavy atom. The second-order valence-electron chi connectivity index (χ2n) is 4.76. The number of amides is 2. The van der Waals surface area contributed by atoms with Crippen molar-refractivity contribution in [2.75, 3.05) is 6.54 Å². The van der Waals surface area contributed by atoms with Crippen LogP contribution in [0.3, 0.4) is 0 Å². The van der Waals surface area contributed by atoms with Gasteiger partial charge in [-0.25, -0.2) is 4.79 Å². The lowest BCUT2D eigenvalue weighted by Gasteiger charge is -2.26. The molecule has 0 heterocycles. The van der Waals surface area contributed by atoms with Crippen molar-refractivity contribution in [3.63, 3.8) is 0 Å². The van der Waals surface area contributed by atoms with Gasteiger partial charge in [-0.1, -0.05) is 0 Å². The van der Waals surface area contributed by atoms with Gasteiger partial charge in [-0.05, 0) is 25.7 Å². The first-order chi connectivity index (χ1) is 8.25. The predicted molar refractivity (Wildman–Crippen MR) is 53.9 cm³/mol. The summed E-state index contributed by atoms with van der Waals surface area (Å²) >= 11 is 0. The lowest BCUT2D eigenvalue weighted by atomic mass is 10.2. The van der Waals surface area contributed by atoms with Crippen LogP contribution in [-0.2, 0) is 4.79 Å². The topological polar surface area (TPSA) is 69.6 Å². The molecular formula is C10H13F3N2O3. The zero-order valence-corrected chi connectivity index (χ0v) is 9.46. The second kappa shape index (κ2) is 4.03. The highest BCUT2D eigenvalue weighted by atomic mass is 19.4. The van der Waals surface area contributed by atoms with Crippen LogP contribution in [0.25, 0.3) is 0 Å². The summed E-state index contributed by atoms with van der Waals surface area (Å²) in [5.74, 6) is -1.23. The van der Waals surface area contributed by atoms with Crippen LogP contribution in [0.2, 0.25) is 0 Å². The molecule has 0 aromatic rings. The normalized spacial score (nSPS) is 21.3. The number of hydrogen-bond donors (Lipinski definition) is 2. The fourth-order valence-electron chi connectivity index (χ4n) is 1.78. The van der Waals surface area contributed by atoms with Gasteiger partial charge < -0.3 is 15.3 Å². The molecular weight excluding hydrogens is 253 g/mol. The number of nitrogens with one attached hydrogen (secondary N) is 1. The van der Waals surface area contributed by atoms with Crippen molar-refractivity contribution in [2.24, 2.45) is 0 Å². The molecule has 0 spiro atoms. The van der Waals surface area contributed by atoms with Crippen LogP contribution >= 0.6 is 0 Å². The predicted octanol–water partition coefficient (Wildman–Crippen LogP) is 1.34. The molecule has 18 heavy (non-hydrogen) atoms. The minimum atomic E-state index is -4.49. The molecule has 2 amide bonds. The van der Waals surface area contributed by atoms with Crippen LogP contribution in [0.15, 0.2) is 0 Å². The monoisotopic (exact) mass is 266 g/mol. The highest BCUT2D eigenvalue weighted by Gasteiger charge is 2.64. The number of aliphatic carboxylic acids is 1. The quantitative estimate of drug-likeness (QED) is 0.806. The van der Waals surface area contributed by atoms with Crippen molar-refractivity contribution in [3.8, 4) is 0 Å². The third-order valence-corrected chi connectivity index (χ3v) is 3.19. The maximum atomic E-state index is 12.6. The zero-order chi connectivity index (χ0) is 13.6. The van der Waals surface area contributed by atoms with E-state index in [9.17, 15) is 22.8 Å². The Hall–Kier alpha value is -1.47. The van der Waals surface area contributed by atoms with E-state index in [0.29, 0.717) is 12.8 Å². The van der Waals surface area contributed by atoms with Crippen LogP contribution in [0.5, 0.6) is 0 Å². The Balaban J connectivity index is 2.00. The molecule has 0 aromatic carbocycles. The van der Waals surface area contributed by atoms with Crippen molar-refractivity contribution in [1.82, 2.24) is 10.2 Å². The molecule has 0 aliphatic heterocycles. The molecule has 2 saturated carbocycles. The molecule has 2 fully saturated rings. The third-order valence-electron chi connectivity index (χ3n) is 3.19. The molecule has 2 aliphatic carbocycles. The van der Waals surface area contributed by atoms with E-state index in [1.807, 2.05) is 5.32 Å². The molecule has 0 bridgehead atoms. The van der Waals surface area contributed by atoms with E-state index in [1.165, 1.54) is 0 Å². The van der Waals surface area contributed by atoms with E-state index < -0.39 is 30.3 Å². The van der Waals surface area contributed by atoms with E-state index >= 15 is 0 Å². The smallest absolute Gasteiger partial charge is 0.411 e. The Morgan fingerprint density at radius 2 is 1.89 bits per heavy atom. The zero-order valence-electron chi connectivity index (χ0n) is 9.46. The van der Waals surface area contributed by atoms with Gasteiger partial charge >= 0.3 is 18.2 Å². The number of halogens is 3. The second-order valence-corrected chi connectivity index (χ2v) is 4.76. The van der Waals surface area contributed by atoms with Crippen molar-refractivity contribution in [2.45, 2.75) is 43.4 Å². The van der Waals surface area contributed by atoms with Gasteiger partial charge in [0.25, 0.3) is 0 Å². The highest BCUT2D eigenvalue weighted by Crippen LogP contribution is 2.49. The van der Waals surface area contributed by atoms with Crippen molar-refractivity contribution in [1.29, 1.82) is 0 Å². The third kappa shape index (κ3) is 2.51. The summed E-state index contributed by atoms with van der Waals surface area (Å²) in [7, 11) is 0. The molecule has 0 radical (unpaired) electrons. The summed E-state index contributed by atoms with van der Waals surface area (Å²) < 4.78 is 37.9. The summed E-state index contributed by atoms with van der Waals surface area (Å²) in [5, 5.41) is 10.6. The van der Waals surface area contributed by atoms with E-state index in [4.69, 9.17) is 5.11 Å². The molecule has 0 saturated heterocycles. The van der Waals surface area contributed by atoms with Crippen molar-refractivity contribution < 1.29 is 27.9 Å². The van der Waals surface area contributed by atoms with Crippen LogP contribution < -0.4 is 5.32 Å². The van der Waals surface area contributed by atoms with Crippen molar-refractivity contribution >= 4 is 12.0 Å². The van der Waals surface area contributed by atoms with E-state index in [2.05, 4.69) is 0 Å². The molecule has 8 heteroatoms. The average molecular weight is 266 g/mol. The van der Waals surface area contributed by atoms with Gasteiger partial charge in [-0.15, -0.1) is 0 Å². The first kappa shape index (κ1) is 13.0. The molecule has 0 aromatic heterocycles. The van der Waals surface area contributed by atoms with Gasteiger partial charge in [0.1, 0.15) is 12.1 Å². The maximum absolute atomic E-state index is 12.6. The number of carboxylic acids is 1. The van der Waals surface area contributed by atoms with E-state index in [1.54, 1.807) is 0 Å². The van der Waals surface area contributed by atoms with Crippen LogP contribution in [0.4, 0.5) is 18.0 Å². The summed E-state index contributed by atoms with van der Waals surface area (Å²) in [6.45, 7) is -0.565. The minimum absolute atomic E-state index is 0.145. The Morgan fingerprint density at radius 1 is 1.33 bits per heavy atom. The van der Waals surface area contributed by atoms with Gasteiger partial charge in [-0.3, -0.25) is 4.79 Å². The molecule has 5 nitrogen and oxygen atoms in total. The molecule has 102 valence electrons. The van der Waals surface area contributed by atoms with Gasteiger partial charge in [-0.2, -0.15) is 13.2 Å². The van der Waals surface area contributed by atoms with Crippen LogP contribution in [0, 0.1) is 0 Å². The highest BCUT2D eigenvalue weighted by molar-refractivity contribution is 5.81. The number of carbonyl (C=O) groups is 2. The number of hydrogen-bond acceptors (Lipinski definition) is 2. The summed E-state index contributed by atoms with van der Waals surface area (Å²) in [6.07, 6.45) is -3.50. The lowest BCUT2D eigenvalue weighted by molar-refractivity contribution is -0.163. The van der Waals surface area contributed by atoms with Crippen LogP contribution in [0.1, 0.15) is 25.7 Å². The Labute approximate surface area is 101 Å². The lowest BCUT2D eigenvalue weighted by Crippen LogP contribution is -2.54. The average Bonchev–Trinajstić information content (AvgIpc) is 3.06. The Bertz CT molecular complexity index is 375. The van der Waals surface area contributed by atoms with Gasteiger partial charge in [0.05, 0.1) is 0 Å². The minimum Gasteiger partial charge on any atom is -0.480 e. The Kier molecular flexibility index (Phi) is 2.90. The number of alkyl halides is 3. The number of carbonyl (C=O) groups excluding carboxylic acids is 1. The first-order valence-corrected chi connectivity index (χ1v) is 5.62. The molecule has 0 atom stereocenters. The number of urea groups is 1. The standard InChI is InChI=1S/C10H13F3N2O3/c11-10(12,13)9(3-4-9)14-8(18)15(5-7(16)17)6-1-2-6/h6H,1-5H2,(H,14,18)(H,16,17). The maximum Gasteiger partial charge on any atom is 0.411 e. The van der Waals surface area contributed by atoms with Crippen LogP contribution in [-0.4, -0.2) is 46.3 Å². The number of nitrogens with zero attached hydrogens (tertiary/aromatic N) is 1. The van der Waals surface area contributed by atoms with Gasteiger partial charge in [0, 0.05) is 6.04 Å². The molecule has 2 rings (SSSR count). The largest absolute Gasteiger partial charge is 0.480 e. The molecule has 2 aliphatic rings. The SMILES string of the molecule is O=C(O)CN(C(=O)NC1(C(F)(F)F)CC1)C1CC1. The van der Waals surface area contributed by atoms with E-state index in [0.717, 1.165) is 4.90 Å². The number of rotatable bonds is 4.